The van der Waals surface area contributed by atoms with Gasteiger partial charge in [0.15, 0.2) is 0 Å². The second-order valence-corrected chi connectivity index (χ2v) is 7.00. The monoisotopic (exact) mass is 424 g/mol. The van der Waals surface area contributed by atoms with Gasteiger partial charge in [-0.3, -0.25) is 0 Å². The van der Waals surface area contributed by atoms with Gasteiger partial charge in [-0.1, -0.05) is 48.3 Å². The topological polar surface area (TPSA) is 38.1 Å². The van der Waals surface area contributed by atoms with Gasteiger partial charge in [0.2, 0.25) is 0 Å². The molecule has 2 atom stereocenters. The highest BCUT2D eigenvalue weighted by Gasteiger charge is 2.53. The number of aryl methyl sites for hydroxylation is 1. The maximum absolute atomic E-state index is 5.22. The molecule has 1 aromatic carbocycles. The van der Waals surface area contributed by atoms with Gasteiger partial charge in [0.05, 0.1) is 5.69 Å². The van der Waals surface area contributed by atoms with Crippen molar-refractivity contribution >= 4 is 24.0 Å². The maximum atomic E-state index is 5.22. The summed E-state index contributed by atoms with van der Waals surface area (Å²) in [5.41, 5.74) is 5.35. The minimum Gasteiger partial charge on any atom is -0.364 e. The molecule has 1 heterocycles. The molecular formula is C19H25IN2O. The molecular weight excluding hydrogens is 399 g/mol. The van der Waals surface area contributed by atoms with E-state index >= 15 is 0 Å². The average Bonchev–Trinajstić information content (AvgIpc) is 3.44. The van der Waals surface area contributed by atoms with Gasteiger partial charge in [-0.15, -0.1) is 24.0 Å². The zero-order valence-corrected chi connectivity index (χ0v) is 16.2. The zero-order chi connectivity index (χ0) is 15.2. The Morgan fingerprint density at radius 3 is 2.83 bits per heavy atom. The molecule has 1 aromatic heterocycles. The predicted molar refractivity (Wildman–Crippen MR) is 102 cm³/mol. The predicted octanol–water partition coefficient (Wildman–Crippen LogP) is 4.89. The van der Waals surface area contributed by atoms with Crippen molar-refractivity contribution in [2.75, 3.05) is 0 Å². The molecule has 124 valence electrons. The molecule has 0 radical (unpaired) electrons. The lowest BCUT2D eigenvalue weighted by Gasteiger charge is -2.20. The lowest BCUT2D eigenvalue weighted by molar-refractivity contribution is 0.410. The van der Waals surface area contributed by atoms with Gasteiger partial charge in [0.1, 0.15) is 6.26 Å². The van der Waals surface area contributed by atoms with Gasteiger partial charge in [0.25, 0.3) is 0 Å². The van der Waals surface area contributed by atoms with Crippen molar-refractivity contribution in [2.45, 2.75) is 57.5 Å². The fourth-order valence-corrected chi connectivity index (χ4v) is 3.76. The number of rotatable bonds is 6. The van der Waals surface area contributed by atoms with Gasteiger partial charge < -0.3 is 9.84 Å². The summed E-state index contributed by atoms with van der Waals surface area (Å²) in [5.74, 6) is 1.38. The highest BCUT2D eigenvalue weighted by Crippen LogP contribution is 2.54. The van der Waals surface area contributed by atoms with Crippen molar-refractivity contribution in [2.24, 2.45) is 5.92 Å². The molecule has 4 rings (SSSR count). The number of benzene rings is 1. The van der Waals surface area contributed by atoms with Gasteiger partial charge >= 0.3 is 0 Å². The quantitative estimate of drug-likeness (QED) is 0.671. The van der Waals surface area contributed by atoms with Crippen molar-refractivity contribution in [3.05, 3.63) is 52.9 Å². The molecule has 3 nitrogen and oxygen atoms in total. The summed E-state index contributed by atoms with van der Waals surface area (Å²) < 4.78 is 5.22. The van der Waals surface area contributed by atoms with Gasteiger partial charge in [-0.05, 0) is 37.7 Å². The van der Waals surface area contributed by atoms with Crippen LogP contribution < -0.4 is 5.32 Å². The van der Waals surface area contributed by atoms with Crippen molar-refractivity contribution < 1.29 is 4.52 Å². The third-order valence-electron chi connectivity index (χ3n) is 5.36. The third-order valence-corrected chi connectivity index (χ3v) is 5.36. The Kier molecular flexibility index (Phi) is 4.83. The standard InChI is InChI=1S/C19H24N2O.HI/c1-3-16-10-19(16,17-6-4-5-13(2)9-17)20-11-15-12-22-21-18(15)14-7-8-14;/h4-6,9,12,14,16,20H,3,7-8,10-11H2,1-2H3;1H. The number of hydrogen-bond donors (Lipinski definition) is 1. The van der Waals surface area contributed by atoms with Crippen LogP contribution in [0, 0.1) is 12.8 Å². The number of hydrogen-bond acceptors (Lipinski definition) is 3. The molecule has 4 heteroatoms. The molecule has 0 aliphatic heterocycles. The van der Waals surface area contributed by atoms with E-state index in [1.54, 1.807) is 0 Å². The normalized spacial score (nSPS) is 25.9. The van der Waals surface area contributed by atoms with Crippen LogP contribution in [-0.2, 0) is 12.1 Å². The second-order valence-electron chi connectivity index (χ2n) is 7.00. The zero-order valence-electron chi connectivity index (χ0n) is 13.8. The first kappa shape index (κ1) is 17.0. The van der Waals surface area contributed by atoms with E-state index in [-0.39, 0.29) is 29.5 Å². The Balaban J connectivity index is 0.00000156. The molecule has 0 amide bonds. The SMILES string of the molecule is CCC1CC1(NCc1conc1C1CC1)c1cccc(C)c1.I. The molecule has 0 spiro atoms. The molecule has 0 saturated heterocycles. The number of aromatic nitrogens is 1. The Morgan fingerprint density at radius 1 is 1.35 bits per heavy atom. The average molecular weight is 424 g/mol. The van der Waals surface area contributed by atoms with Crippen LogP contribution in [0.25, 0.3) is 0 Å². The number of halogens is 1. The molecule has 23 heavy (non-hydrogen) atoms. The van der Waals surface area contributed by atoms with Gasteiger partial charge in [0, 0.05) is 23.6 Å². The smallest absolute Gasteiger partial charge is 0.128 e. The summed E-state index contributed by atoms with van der Waals surface area (Å²) in [6.45, 7) is 5.32. The van der Waals surface area contributed by atoms with Crippen LogP contribution in [0.1, 0.15) is 60.9 Å². The first-order valence-corrected chi connectivity index (χ1v) is 8.48. The summed E-state index contributed by atoms with van der Waals surface area (Å²) in [4.78, 5) is 0. The fourth-order valence-electron chi connectivity index (χ4n) is 3.76. The first-order chi connectivity index (χ1) is 10.7. The largest absolute Gasteiger partial charge is 0.364 e. The van der Waals surface area contributed by atoms with E-state index in [9.17, 15) is 0 Å². The molecule has 2 aliphatic rings. The van der Waals surface area contributed by atoms with Crippen molar-refractivity contribution in [3.8, 4) is 0 Å². The second kappa shape index (κ2) is 6.55. The lowest BCUT2D eigenvalue weighted by atomic mass is 9.98. The molecule has 2 aromatic rings. The molecule has 2 unspecified atom stereocenters. The first-order valence-electron chi connectivity index (χ1n) is 8.48. The van der Waals surface area contributed by atoms with E-state index in [0.29, 0.717) is 5.92 Å². The fraction of sp³-hybridized carbons (Fsp3) is 0.526. The van der Waals surface area contributed by atoms with Crippen molar-refractivity contribution in [1.29, 1.82) is 0 Å². The van der Waals surface area contributed by atoms with Gasteiger partial charge in [-0.2, -0.15) is 0 Å². The highest BCUT2D eigenvalue weighted by molar-refractivity contribution is 14.0. The molecule has 0 bridgehead atoms. The van der Waals surface area contributed by atoms with E-state index in [0.717, 1.165) is 12.5 Å². The summed E-state index contributed by atoms with van der Waals surface area (Å²) in [6.07, 6.45) is 6.81. The molecule has 1 N–H and O–H groups in total. The molecule has 2 fully saturated rings. The molecule has 2 saturated carbocycles. The van der Waals surface area contributed by atoms with Crippen LogP contribution in [-0.4, -0.2) is 5.16 Å². The van der Waals surface area contributed by atoms with E-state index in [4.69, 9.17) is 4.52 Å². The Bertz CT molecular complexity index is 680. The van der Waals surface area contributed by atoms with Crippen molar-refractivity contribution in [1.82, 2.24) is 10.5 Å². The molecule has 2 aliphatic carbocycles. The van der Waals surface area contributed by atoms with Crippen molar-refractivity contribution in [3.63, 3.8) is 0 Å². The van der Waals surface area contributed by atoms with Crippen LogP contribution in [0.5, 0.6) is 0 Å². The summed E-state index contributed by atoms with van der Waals surface area (Å²) in [5, 5.41) is 8.05. The summed E-state index contributed by atoms with van der Waals surface area (Å²) in [7, 11) is 0. The van der Waals surface area contributed by atoms with Crippen LogP contribution in [0.4, 0.5) is 0 Å². The Labute approximate surface area is 155 Å². The Hall–Kier alpha value is -0.880. The summed E-state index contributed by atoms with van der Waals surface area (Å²) >= 11 is 0. The van der Waals surface area contributed by atoms with E-state index < -0.39 is 0 Å². The number of nitrogens with zero attached hydrogens (tertiary/aromatic N) is 1. The highest BCUT2D eigenvalue weighted by atomic mass is 127. The van der Waals surface area contributed by atoms with E-state index in [1.165, 1.54) is 48.1 Å². The lowest BCUT2D eigenvalue weighted by Crippen LogP contribution is -2.31. The van der Waals surface area contributed by atoms with Crippen LogP contribution >= 0.6 is 24.0 Å². The summed E-state index contributed by atoms with van der Waals surface area (Å²) in [6, 6.07) is 8.95. The Morgan fingerprint density at radius 2 is 2.17 bits per heavy atom. The minimum atomic E-state index is 0. The van der Waals surface area contributed by atoms with E-state index in [2.05, 4.69) is 48.6 Å². The third kappa shape index (κ3) is 3.20. The van der Waals surface area contributed by atoms with Crippen LogP contribution in [0.3, 0.4) is 0 Å². The van der Waals surface area contributed by atoms with Crippen LogP contribution in [0.2, 0.25) is 0 Å². The van der Waals surface area contributed by atoms with Gasteiger partial charge in [-0.25, -0.2) is 0 Å². The van der Waals surface area contributed by atoms with Crippen LogP contribution in [0.15, 0.2) is 35.1 Å². The van der Waals surface area contributed by atoms with E-state index in [1.807, 2.05) is 6.26 Å². The number of nitrogens with one attached hydrogen (secondary N) is 1. The minimum absolute atomic E-state index is 0. The maximum Gasteiger partial charge on any atom is 0.128 e.